The number of nitrogens with zero attached hydrogens (tertiary/aromatic N) is 2. The highest BCUT2D eigenvalue weighted by Crippen LogP contribution is 2.18. The van der Waals surface area contributed by atoms with Crippen LogP contribution in [0, 0.1) is 6.92 Å². The molecule has 0 aliphatic heterocycles. The highest BCUT2D eigenvalue weighted by Gasteiger charge is 2.08. The third-order valence-electron chi connectivity index (χ3n) is 2.67. The van der Waals surface area contributed by atoms with E-state index in [2.05, 4.69) is 52.3 Å². The molecule has 0 saturated heterocycles. The van der Waals surface area contributed by atoms with E-state index in [1.165, 1.54) is 5.56 Å². The Morgan fingerprint density at radius 1 is 1.39 bits per heavy atom. The van der Waals surface area contributed by atoms with Crippen molar-refractivity contribution in [3.8, 4) is 5.75 Å². The van der Waals surface area contributed by atoms with Crippen LogP contribution in [0.3, 0.4) is 0 Å². The number of ether oxygens (including phenoxy) is 1. The second-order valence-electron chi connectivity index (χ2n) is 4.61. The molecule has 2 aromatic rings. The number of halogens is 1. The summed E-state index contributed by atoms with van der Waals surface area (Å²) in [6.07, 6.45) is 2.02. The van der Waals surface area contributed by atoms with E-state index in [4.69, 9.17) is 4.74 Å². The fourth-order valence-corrected chi connectivity index (χ4v) is 2.45. The second kappa shape index (κ2) is 5.57. The van der Waals surface area contributed by atoms with Gasteiger partial charge in [0.15, 0.2) is 4.73 Å². The Kier molecular flexibility index (Phi) is 4.07. The predicted molar refractivity (Wildman–Crippen MR) is 75.8 cm³/mol. The summed E-state index contributed by atoms with van der Waals surface area (Å²) in [7, 11) is 0. The number of aryl methyl sites for hydroxylation is 1. The van der Waals surface area contributed by atoms with E-state index in [0.717, 1.165) is 16.2 Å². The third-order valence-corrected chi connectivity index (χ3v) is 3.26. The molecule has 0 fully saturated rings. The number of imidazole rings is 1. The van der Waals surface area contributed by atoms with Crippen LogP contribution in [0.2, 0.25) is 0 Å². The summed E-state index contributed by atoms with van der Waals surface area (Å²) in [6.45, 7) is 6.79. The molecule has 0 radical (unpaired) electrons. The lowest BCUT2D eigenvalue weighted by Crippen LogP contribution is -1.99. The summed E-state index contributed by atoms with van der Waals surface area (Å²) < 4.78 is 8.65. The van der Waals surface area contributed by atoms with Gasteiger partial charge in [0.1, 0.15) is 12.4 Å². The van der Waals surface area contributed by atoms with E-state index in [1.807, 2.05) is 24.4 Å². The highest BCUT2D eigenvalue weighted by molar-refractivity contribution is 9.10. The van der Waals surface area contributed by atoms with E-state index < -0.39 is 0 Å². The molecule has 0 aliphatic rings. The molecule has 2 rings (SSSR count). The standard InChI is InChI=1S/C14H17BrN2O/c1-10(2)17-8-12(16-14(17)15)9-18-13-6-4-5-11(3)7-13/h4-8,10H,9H2,1-3H3. The molecule has 18 heavy (non-hydrogen) atoms. The van der Waals surface area contributed by atoms with Gasteiger partial charge in [0.2, 0.25) is 0 Å². The van der Waals surface area contributed by atoms with Crippen LogP contribution < -0.4 is 4.74 Å². The average Bonchev–Trinajstić information content (AvgIpc) is 2.68. The van der Waals surface area contributed by atoms with E-state index in [-0.39, 0.29) is 0 Å². The van der Waals surface area contributed by atoms with Crippen LogP contribution in [0.25, 0.3) is 0 Å². The maximum absolute atomic E-state index is 5.72. The van der Waals surface area contributed by atoms with Crippen molar-refractivity contribution in [1.82, 2.24) is 9.55 Å². The summed E-state index contributed by atoms with van der Waals surface area (Å²) in [5.41, 5.74) is 2.12. The quantitative estimate of drug-likeness (QED) is 0.849. The monoisotopic (exact) mass is 308 g/mol. The molecule has 1 heterocycles. The molecule has 96 valence electrons. The zero-order valence-electron chi connectivity index (χ0n) is 10.9. The SMILES string of the molecule is Cc1cccc(OCc2cn(C(C)C)c(Br)n2)c1. The van der Waals surface area contributed by atoms with Crippen LogP contribution in [0.1, 0.15) is 31.1 Å². The van der Waals surface area contributed by atoms with Gasteiger partial charge in [-0.1, -0.05) is 12.1 Å². The zero-order valence-corrected chi connectivity index (χ0v) is 12.4. The fourth-order valence-electron chi connectivity index (χ4n) is 1.71. The molecule has 0 saturated carbocycles. The highest BCUT2D eigenvalue weighted by atomic mass is 79.9. The molecule has 0 aliphatic carbocycles. The average molecular weight is 309 g/mol. The molecular formula is C14H17BrN2O. The minimum atomic E-state index is 0.389. The second-order valence-corrected chi connectivity index (χ2v) is 5.32. The number of hydrogen-bond donors (Lipinski definition) is 0. The first-order valence-electron chi connectivity index (χ1n) is 5.99. The van der Waals surface area contributed by atoms with Crippen LogP contribution >= 0.6 is 15.9 Å². The minimum absolute atomic E-state index is 0.389. The molecule has 0 spiro atoms. The summed E-state index contributed by atoms with van der Waals surface area (Å²) in [6, 6.07) is 8.42. The van der Waals surface area contributed by atoms with Crippen molar-refractivity contribution in [3.63, 3.8) is 0 Å². The van der Waals surface area contributed by atoms with Gasteiger partial charge in [0.05, 0.1) is 5.69 Å². The third kappa shape index (κ3) is 3.13. The lowest BCUT2D eigenvalue weighted by atomic mass is 10.2. The fraction of sp³-hybridized carbons (Fsp3) is 0.357. The Labute approximate surface area is 116 Å². The molecule has 0 bridgehead atoms. The Bertz CT molecular complexity index is 534. The van der Waals surface area contributed by atoms with Crippen LogP contribution in [-0.2, 0) is 6.61 Å². The van der Waals surface area contributed by atoms with Gasteiger partial charge in [-0.25, -0.2) is 4.98 Å². The normalized spacial score (nSPS) is 10.9. The summed E-state index contributed by atoms with van der Waals surface area (Å²) in [5, 5.41) is 0. The summed E-state index contributed by atoms with van der Waals surface area (Å²) in [5.74, 6) is 0.880. The molecule has 0 N–H and O–H groups in total. The van der Waals surface area contributed by atoms with Crippen molar-refractivity contribution in [2.75, 3.05) is 0 Å². The molecule has 0 unspecified atom stereocenters. The minimum Gasteiger partial charge on any atom is -0.487 e. The van der Waals surface area contributed by atoms with Crippen molar-refractivity contribution in [3.05, 3.63) is 46.5 Å². The van der Waals surface area contributed by atoms with Gasteiger partial charge < -0.3 is 9.30 Å². The first-order valence-corrected chi connectivity index (χ1v) is 6.78. The molecule has 1 aromatic carbocycles. The van der Waals surface area contributed by atoms with Crippen LogP contribution in [0.4, 0.5) is 0 Å². The van der Waals surface area contributed by atoms with Crippen molar-refractivity contribution in [2.24, 2.45) is 0 Å². The maximum Gasteiger partial charge on any atom is 0.177 e. The largest absolute Gasteiger partial charge is 0.487 e. The van der Waals surface area contributed by atoms with Gasteiger partial charge in [-0.05, 0) is 54.4 Å². The van der Waals surface area contributed by atoms with Gasteiger partial charge >= 0.3 is 0 Å². The van der Waals surface area contributed by atoms with E-state index >= 15 is 0 Å². The van der Waals surface area contributed by atoms with Crippen molar-refractivity contribution in [2.45, 2.75) is 33.4 Å². The first-order chi connectivity index (χ1) is 8.56. The Balaban J connectivity index is 2.04. The first kappa shape index (κ1) is 13.1. The van der Waals surface area contributed by atoms with Gasteiger partial charge in [-0.2, -0.15) is 0 Å². The van der Waals surface area contributed by atoms with E-state index in [1.54, 1.807) is 0 Å². The number of rotatable bonds is 4. The predicted octanol–water partition coefficient (Wildman–Crippen LogP) is 4.11. The lowest BCUT2D eigenvalue weighted by molar-refractivity contribution is 0.301. The van der Waals surface area contributed by atoms with Gasteiger partial charge in [0, 0.05) is 12.2 Å². The van der Waals surface area contributed by atoms with Crippen LogP contribution in [0.5, 0.6) is 5.75 Å². The molecule has 1 aromatic heterocycles. The summed E-state index contributed by atoms with van der Waals surface area (Å²) in [4.78, 5) is 4.42. The van der Waals surface area contributed by atoms with Gasteiger partial charge in [-0.15, -0.1) is 0 Å². The molecule has 0 atom stereocenters. The zero-order chi connectivity index (χ0) is 13.1. The maximum atomic E-state index is 5.72. The van der Waals surface area contributed by atoms with Gasteiger partial charge in [-0.3, -0.25) is 0 Å². The van der Waals surface area contributed by atoms with Gasteiger partial charge in [0.25, 0.3) is 0 Å². The molecule has 3 nitrogen and oxygen atoms in total. The van der Waals surface area contributed by atoms with Crippen LogP contribution in [0.15, 0.2) is 35.2 Å². The van der Waals surface area contributed by atoms with Crippen molar-refractivity contribution >= 4 is 15.9 Å². The number of aromatic nitrogens is 2. The smallest absolute Gasteiger partial charge is 0.177 e. The molecular weight excluding hydrogens is 292 g/mol. The molecule has 4 heteroatoms. The van der Waals surface area contributed by atoms with E-state index in [9.17, 15) is 0 Å². The number of hydrogen-bond acceptors (Lipinski definition) is 2. The van der Waals surface area contributed by atoms with Crippen LogP contribution in [-0.4, -0.2) is 9.55 Å². The lowest BCUT2D eigenvalue weighted by Gasteiger charge is -2.06. The number of benzene rings is 1. The summed E-state index contributed by atoms with van der Waals surface area (Å²) >= 11 is 3.45. The Hall–Kier alpha value is -1.29. The van der Waals surface area contributed by atoms with E-state index in [0.29, 0.717) is 12.6 Å². The van der Waals surface area contributed by atoms with Crippen molar-refractivity contribution < 1.29 is 4.74 Å². The Morgan fingerprint density at radius 3 is 2.78 bits per heavy atom. The van der Waals surface area contributed by atoms with Crippen molar-refractivity contribution in [1.29, 1.82) is 0 Å². The topological polar surface area (TPSA) is 27.1 Å². The Morgan fingerprint density at radius 2 is 2.17 bits per heavy atom. The molecule has 0 amide bonds.